The van der Waals surface area contributed by atoms with Gasteiger partial charge in [-0.05, 0) is 213 Å². The maximum atomic E-state index is 5.60. The molecule has 11 heterocycles. The van der Waals surface area contributed by atoms with E-state index < -0.39 is 0 Å². The molecule has 0 amide bonds. The average molecular weight is 1810 g/mol. The third-order valence-corrected chi connectivity index (χ3v) is 25.7. The number of hydrogen-bond acceptors (Lipinski definition) is 18. The second-order valence-corrected chi connectivity index (χ2v) is 40.9. The van der Waals surface area contributed by atoms with Crippen molar-refractivity contribution in [3.63, 3.8) is 0 Å². The van der Waals surface area contributed by atoms with Crippen molar-refractivity contribution in [2.45, 2.75) is 268 Å². The van der Waals surface area contributed by atoms with E-state index in [0.29, 0.717) is 65.1 Å². The summed E-state index contributed by atoms with van der Waals surface area (Å²) in [6.45, 7) is 61.9. The van der Waals surface area contributed by atoms with E-state index in [1.54, 1.807) is 34.0 Å². The Kier molecular flexibility index (Phi) is 37.5. The van der Waals surface area contributed by atoms with Gasteiger partial charge in [-0.1, -0.05) is 249 Å². The molecule has 15 nitrogen and oxygen atoms in total. The first-order chi connectivity index (χ1) is 62.3. The Bertz CT molecular complexity index is 6070. The highest BCUT2D eigenvalue weighted by molar-refractivity contribution is 7.19. The fourth-order valence-corrected chi connectivity index (χ4v) is 16.4. The minimum atomic E-state index is 0.354. The smallest absolute Gasteiger partial charge is 0.198 e. The molecule has 7 aromatic heterocycles. The number of benzene rings is 9. The first-order valence-corrected chi connectivity index (χ1v) is 49.1. The quantitative estimate of drug-likeness (QED) is 0.120. The molecule has 0 saturated carbocycles. The van der Waals surface area contributed by atoms with E-state index in [-0.39, 0.29) is 0 Å². The largest absolute Gasteiger partial charge is 0.440 e. The van der Waals surface area contributed by atoms with Gasteiger partial charge < -0.3 is 17.7 Å². The van der Waals surface area contributed by atoms with Crippen molar-refractivity contribution in [1.82, 2.24) is 34.9 Å². The number of para-hydroxylation sites is 4. The summed E-state index contributed by atoms with van der Waals surface area (Å²) in [4.78, 5) is 50.2. The van der Waals surface area contributed by atoms with Crippen LogP contribution in [0.1, 0.15) is 294 Å². The number of rotatable bonds is 11. The third-order valence-electron chi connectivity index (χ3n) is 21.8. The normalized spacial score (nSPS) is 12.6. The van der Waals surface area contributed by atoms with E-state index in [1.807, 2.05) is 91.3 Å². The number of oxazole rings is 4. The second-order valence-electron chi connectivity index (χ2n) is 37.5. The molecule has 0 spiro atoms. The number of fused-ring (bicyclic) bond motifs is 9. The van der Waals surface area contributed by atoms with E-state index in [2.05, 4.69) is 365 Å². The minimum Gasteiger partial charge on any atom is -0.440 e. The van der Waals surface area contributed by atoms with Gasteiger partial charge >= 0.3 is 0 Å². The molecule has 16 aromatic rings. The maximum Gasteiger partial charge on any atom is 0.198 e. The zero-order chi connectivity index (χ0) is 95.0. The summed E-state index contributed by atoms with van der Waals surface area (Å²) in [6.07, 6.45) is 10.1. The molecular formula is C113H139N11O4S3. The van der Waals surface area contributed by atoms with Gasteiger partial charge in [-0.25, -0.2) is 34.9 Å². The first kappa shape index (κ1) is 102. The van der Waals surface area contributed by atoms with Crippen LogP contribution in [0, 0.1) is 72.1 Å². The van der Waals surface area contributed by atoms with Crippen molar-refractivity contribution in [3.05, 3.63) is 294 Å². The molecule has 0 fully saturated rings. The average Bonchev–Trinajstić information content (AvgIpc) is 1.67. The minimum absolute atomic E-state index is 0.354. The summed E-state index contributed by atoms with van der Waals surface area (Å²) < 4.78 is 24.9. The van der Waals surface area contributed by atoms with Crippen LogP contribution >= 0.6 is 34.0 Å². The van der Waals surface area contributed by atoms with Crippen LogP contribution in [0.5, 0.6) is 0 Å². The Morgan fingerprint density at radius 1 is 0.282 bits per heavy atom. The van der Waals surface area contributed by atoms with Crippen molar-refractivity contribution in [3.8, 4) is 0 Å². The lowest BCUT2D eigenvalue weighted by atomic mass is 9.99. The number of thiazole rings is 3. The summed E-state index contributed by atoms with van der Waals surface area (Å²) in [7, 11) is 0. The molecule has 688 valence electrons. The van der Waals surface area contributed by atoms with Crippen LogP contribution in [0.4, 0.5) is 17.1 Å². The summed E-state index contributed by atoms with van der Waals surface area (Å²) >= 11 is 5.38. The Balaban J connectivity index is 0.000000150. The molecule has 0 unspecified atom stereocenters. The van der Waals surface area contributed by atoms with Gasteiger partial charge in [0.15, 0.2) is 45.9 Å². The van der Waals surface area contributed by atoms with Gasteiger partial charge in [0.1, 0.15) is 22.1 Å². The van der Waals surface area contributed by atoms with Crippen molar-refractivity contribution < 1.29 is 17.7 Å². The molecular weight excluding hydrogens is 1670 g/mol. The van der Waals surface area contributed by atoms with Crippen LogP contribution in [0.3, 0.4) is 0 Å². The number of hydrogen-bond donors (Lipinski definition) is 0. The Labute approximate surface area is 791 Å². The molecule has 0 N–H and O–H groups in total. The van der Waals surface area contributed by atoms with E-state index in [4.69, 9.17) is 17.7 Å². The third kappa shape index (κ3) is 29.8. The highest BCUT2D eigenvalue weighted by atomic mass is 32.1. The second kappa shape index (κ2) is 48.2. The van der Waals surface area contributed by atoms with Crippen LogP contribution in [-0.4, -0.2) is 57.7 Å². The molecule has 0 atom stereocenters. The first-order valence-electron chi connectivity index (χ1n) is 46.6. The molecule has 4 aliphatic heterocycles. The molecule has 9 aromatic carbocycles. The monoisotopic (exact) mass is 1810 g/mol. The Morgan fingerprint density at radius 2 is 0.687 bits per heavy atom. The molecule has 131 heavy (non-hydrogen) atoms. The molecule has 0 bridgehead atoms. The van der Waals surface area contributed by atoms with Gasteiger partial charge in [0, 0.05) is 107 Å². The lowest BCUT2D eigenvalue weighted by molar-refractivity contribution is 0.501. The van der Waals surface area contributed by atoms with Crippen LogP contribution in [0.25, 0.3) is 64.8 Å². The standard InChI is InChI=1S/2C12H15N.3C11H13NO.C11H13NS.C11H13N.C10H11NO.C10H11NS.C7H11NS.C7H11N/c1-8(2)11-7-10-5-4-9(3)6-12(10)13-11;1-8(2)12-7-10-9(3)5-4-6-11(10)13-12;1-7(2)11-12-9-6-8(3)4-5-10(9)13-11;2*1-7(2)11-12-9-5-4-8(3)6-10(9)13-11;1-7(2)11-12-9-6-8(3)4-5-10(9)13-11;1-8(2)11-7-9-5-3-4-6-10(9)12-11;2*1-7(2)10-11-8-5-3-4-6-9(8)12-10;1-5(2)7-8-4-6(3)9-7;1-6(2)7-4-3-5-8-7/h2*4-6,8H,7H2,1-3H3;4*4-7H,1-3H3;3-6,8H,7H2,1-2H3;2*3-7H,1-2H3;4-5H,1-3H3;3,5-6H,4H2,1-2H3. The Hall–Kier alpha value is -11.3. The predicted octanol–water partition coefficient (Wildman–Crippen LogP) is 34.0. The zero-order valence-corrected chi connectivity index (χ0v) is 85.5. The van der Waals surface area contributed by atoms with E-state index >= 15 is 0 Å². The van der Waals surface area contributed by atoms with Crippen molar-refractivity contribution in [2.75, 3.05) is 0 Å². The fraction of sp³-hybridized carbons (Fsp3) is 0.389. The van der Waals surface area contributed by atoms with E-state index in [9.17, 15) is 0 Å². The van der Waals surface area contributed by atoms with Gasteiger partial charge in [0.25, 0.3) is 0 Å². The van der Waals surface area contributed by atoms with Gasteiger partial charge in [-0.2, -0.15) is 0 Å². The number of allylic oxidation sites excluding steroid dienone is 1. The SMILES string of the molecule is CC(C)C1=NC=CC1.CC(C)C1=Nc2ccccc2C1.CC(C)c1nc2ccccc2o1.CC(C)c1nc2ccccc2s1.Cc1ccc2c(c1)N=C(C(C)C)C2.Cc1ccc2nc(C(C)C)oc2c1.Cc1ccc2nc(C(C)C)oc2c1.Cc1ccc2oc(C(C)C)nc2c1.Cc1ccc2sc(C(C)C)nc2c1.Cc1cccc2c1CC(C(C)C)=N2.Cc1cnc(C(C)C)s1. The fourth-order valence-electron chi connectivity index (χ4n) is 13.7. The zero-order valence-electron chi connectivity index (χ0n) is 83.0. The summed E-state index contributed by atoms with van der Waals surface area (Å²) in [5.41, 5.74) is 30.2. The summed E-state index contributed by atoms with van der Waals surface area (Å²) in [5, 5.41) is 3.71. The van der Waals surface area contributed by atoms with Gasteiger partial charge in [-0.3, -0.25) is 20.0 Å². The van der Waals surface area contributed by atoms with Gasteiger partial charge in [-0.15, -0.1) is 34.0 Å². The van der Waals surface area contributed by atoms with Crippen LogP contribution in [0.15, 0.2) is 238 Å². The van der Waals surface area contributed by atoms with Crippen LogP contribution < -0.4 is 0 Å². The predicted molar refractivity (Wildman–Crippen MR) is 561 cm³/mol. The lowest BCUT2D eigenvalue weighted by Gasteiger charge is -2.03. The number of aliphatic imine (C=N–C) groups is 4. The van der Waals surface area contributed by atoms with E-state index in [0.717, 1.165) is 105 Å². The van der Waals surface area contributed by atoms with Crippen LogP contribution in [-0.2, 0) is 19.3 Å². The number of aromatic nitrogens is 7. The highest BCUT2D eigenvalue weighted by Gasteiger charge is 2.21. The maximum absolute atomic E-state index is 5.60. The lowest BCUT2D eigenvalue weighted by Crippen LogP contribution is -2.06. The molecule has 20 rings (SSSR count). The number of aryl methyl sites for hydroxylation is 7. The molecule has 0 radical (unpaired) electrons. The highest BCUT2D eigenvalue weighted by Crippen LogP contribution is 2.35. The Morgan fingerprint density at radius 3 is 1.16 bits per heavy atom. The van der Waals surface area contributed by atoms with E-state index in [1.165, 1.54) is 119 Å². The van der Waals surface area contributed by atoms with Crippen LogP contribution in [0.2, 0.25) is 0 Å². The summed E-state index contributed by atoms with van der Waals surface area (Å²) in [5.74, 6) is 8.73. The van der Waals surface area contributed by atoms with Crippen molar-refractivity contribution in [2.24, 2.45) is 43.6 Å². The summed E-state index contributed by atoms with van der Waals surface area (Å²) in [6, 6.07) is 62.0. The van der Waals surface area contributed by atoms with Gasteiger partial charge in [0.2, 0.25) is 0 Å². The van der Waals surface area contributed by atoms with Crippen molar-refractivity contribution >= 4 is 139 Å². The molecule has 0 saturated heterocycles. The number of nitrogens with zero attached hydrogens (tertiary/aromatic N) is 11. The van der Waals surface area contributed by atoms with Crippen molar-refractivity contribution in [1.29, 1.82) is 0 Å². The molecule has 4 aliphatic rings. The van der Waals surface area contributed by atoms with Gasteiger partial charge in [0.05, 0.1) is 52.5 Å². The molecule has 0 aliphatic carbocycles. The topological polar surface area (TPSA) is 192 Å². The molecule has 18 heteroatoms.